The SMILES string of the molecule is C[C@@H]1Cc2cc(C(=O)NCc3cnn4cccnc34)ccc2O1. The molecule has 6 heteroatoms. The van der Waals surface area contributed by atoms with Crippen LogP contribution in [0.15, 0.2) is 42.9 Å². The van der Waals surface area contributed by atoms with Crippen molar-refractivity contribution < 1.29 is 9.53 Å². The Morgan fingerprint density at radius 3 is 3.30 bits per heavy atom. The highest BCUT2D eigenvalue weighted by atomic mass is 16.5. The first-order chi connectivity index (χ1) is 11.2. The summed E-state index contributed by atoms with van der Waals surface area (Å²) in [7, 11) is 0. The van der Waals surface area contributed by atoms with Gasteiger partial charge < -0.3 is 10.1 Å². The number of nitrogens with one attached hydrogen (secondary N) is 1. The molecule has 1 aromatic carbocycles. The van der Waals surface area contributed by atoms with Crippen LogP contribution in [0.5, 0.6) is 5.75 Å². The lowest BCUT2D eigenvalue weighted by atomic mass is 10.1. The van der Waals surface area contributed by atoms with E-state index in [0.717, 1.165) is 28.9 Å². The predicted molar refractivity (Wildman–Crippen MR) is 84.4 cm³/mol. The molecule has 23 heavy (non-hydrogen) atoms. The van der Waals surface area contributed by atoms with Crippen molar-refractivity contribution in [1.29, 1.82) is 0 Å². The second-order valence-corrected chi connectivity index (χ2v) is 5.70. The van der Waals surface area contributed by atoms with Crippen LogP contribution in [0.1, 0.15) is 28.4 Å². The standard InChI is InChI=1S/C17H16N4O2/c1-11-7-13-8-12(3-4-15(13)23-11)17(22)19-9-14-10-20-21-6-2-5-18-16(14)21/h2-6,8,10-11H,7,9H2,1H3,(H,19,22)/t11-/m1/s1. The second kappa shape index (κ2) is 5.39. The smallest absolute Gasteiger partial charge is 0.251 e. The minimum Gasteiger partial charge on any atom is -0.490 e. The summed E-state index contributed by atoms with van der Waals surface area (Å²) < 4.78 is 7.35. The second-order valence-electron chi connectivity index (χ2n) is 5.70. The van der Waals surface area contributed by atoms with Gasteiger partial charge in [0.1, 0.15) is 11.9 Å². The molecule has 4 rings (SSSR count). The van der Waals surface area contributed by atoms with Crippen LogP contribution in [0, 0.1) is 0 Å². The van der Waals surface area contributed by atoms with Gasteiger partial charge in [-0.1, -0.05) is 0 Å². The number of rotatable bonds is 3. The highest BCUT2D eigenvalue weighted by Gasteiger charge is 2.20. The lowest BCUT2D eigenvalue weighted by Crippen LogP contribution is -2.22. The molecular formula is C17H16N4O2. The molecule has 2 aromatic heterocycles. The zero-order valence-electron chi connectivity index (χ0n) is 12.7. The number of benzene rings is 1. The molecule has 3 aromatic rings. The van der Waals surface area contributed by atoms with E-state index in [9.17, 15) is 4.79 Å². The third kappa shape index (κ3) is 2.52. The van der Waals surface area contributed by atoms with Crippen molar-refractivity contribution >= 4 is 11.6 Å². The van der Waals surface area contributed by atoms with E-state index in [1.807, 2.05) is 31.3 Å². The Labute approximate surface area is 133 Å². The summed E-state index contributed by atoms with van der Waals surface area (Å²) in [6, 6.07) is 7.38. The number of hydrogen-bond acceptors (Lipinski definition) is 4. The van der Waals surface area contributed by atoms with E-state index in [-0.39, 0.29) is 12.0 Å². The Kier molecular flexibility index (Phi) is 3.22. The molecule has 1 atom stereocenters. The fraction of sp³-hybridized carbons (Fsp3) is 0.235. The van der Waals surface area contributed by atoms with E-state index < -0.39 is 0 Å². The zero-order chi connectivity index (χ0) is 15.8. The maximum Gasteiger partial charge on any atom is 0.251 e. The van der Waals surface area contributed by atoms with Gasteiger partial charge in [0, 0.05) is 36.5 Å². The van der Waals surface area contributed by atoms with Crippen LogP contribution in [0.4, 0.5) is 0 Å². The van der Waals surface area contributed by atoms with Crippen LogP contribution in [-0.2, 0) is 13.0 Å². The van der Waals surface area contributed by atoms with Crippen molar-refractivity contribution in [3.8, 4) is 5.75 Å². The largest absolute Gasteiger partial charge is 0.490 e. The summed E-state index contributed by atoms with van der Waals surface area (Å²) >= 11 is 0. The number of hydrogen-bond donors (Lipinski definition) is 1. The number of fused-ring (bicyclic) bond motifs is 2. The monoisotopic (exact) mass is 308 g/mol. The summed E-state index contributed by atoms with van der Waals surface area (Å²) in [5.74, 6) is 0.767. The van der Waals surface area contributed by atoms with E-state index in [1.165, 1.54) is 0 Å². The van der Waals surface area contributed by atoms with Crippen LogP contribution in [0.2, 0.25) is 0 Å². The predicted octanol–water partition coefficient (Wildman–Crippen LogP) is 1.98. The minimum atomic E-state index is -0.109. The van der Waals surface area contributed by atoms with Crippen molar-refractivity contribution in [2.24, 2.45) is 0 Å². The highest BCUT2D eigenvalue weighted by molar-refractivity contribution is 5.94. The first-order valence-electron chi connectivity index (χ1n) is 7.56. The Hall–Kier alpha value is -2.89. The van der Waals surface area contributed by atoms with Crippen molar-refractivity contribution in [2.75, 3.05) is 0 Å². The van der Waals surface area contributed by atoms with Gasteiger partial charge in [-0.05, 0) is 36.8 Å². The number of ether oxygens (including phenoxy) is 1. The van der Waals surface area contributed by atoms with E-state index in [4.69, 9.17) is 4.74 Å². The van der Waals surface area contributed by atoms with Crippen LogP contribution in [0.25, 0.3) is 5.65 Å². The summed E-state index contributed by atoms with van der Waals surface area (Å²) in [4.78, 5) is 16.6. The lowest BCUT2D eigenvalue weighted by molar-refractivity contribution is 0.0951. The highest BCUT2D eigenvalue weighted by Crippen LogP contribution is 2.29. The van der Waals surface area contributed by atoms with E-state index in [0.29, 0.717) is 12.1 Å². The molecule has 0 aliphatic carbocycles. The Morgan fingerprint density at radius 1 is 1.48 bits per heavy atom. The molecule has 0 unspecified atom stereocenters. The molecule has 0 saturated heterocycles. The lowest BCUT2D eigenvalue weighted by Gasteiger charge is -2.06. The van der Waals surface area contributed by atoms with Crippen molar-refractivity contribution in [1.82, 2.24) is 19.9 Å². The van der Waals surface area contributed by atoms with Crippen molar-refractivity contribution in [2.45, 2.75) is 26.0 Å². The number of carbonyl (C=O) groups is 1. The molecule has 0 bridgehead atoms. The van der Waals surface area contributed by atoms with Crippen LogP contribution in [-0.4, -0.2) is 26.6 Å². The fourth-order valence-electron chi connectivity index (χ4n) is 2.84. The van der Waals surface area contributed by atoms with Crippen LogP contribution < -0.4 is 10.1 Å². The van der Waals surface area contributed by atoms with Gasteiger partial charge in [0.05, 0.1) is 6.20 Å². The van der Waals surface area contributed by atoms with Gasteiger partial charge in [0.25, 0.3) is 5.91 Å². The fourth-order valence-corrected chi connectivity index (χ4v) is 2.84. The summed E-state index contributed by atoms with van der Waals surface area (Å²) in [5, 5.41) is 7.13. The number of carbonyl (C=O) groups excluding carboxylic acids is 1. The molecule has 0 fully saturated rings. The topological polar surface area (TPSA) is 68.5 Å². The third-order valence-electron chi connectivity index (χ3n) is 3.95. The first kappa shape index (κ1) is 13.8. The normalized spacial score (nSPS) is 16.1. The maximum atomic E-state index is 12.4. The average molecular weight is 308 g/mol. The summed E-state index contributed by atoms with van der Waals surface area (Å²) in [6.45, 7) is 2.42. The van der Waals surface area contributed by atoms with Crippen LogP contribution in [0.3, 0.4) is 0 Å². The van der Waals surface area contributed by atoms with E-state index >= 15 is 0 Å². The number of amides is 1. The molecular weight excluding hydrogens is 292 g/mol. The molecule has 0 saturated carbocycles. The van der Waals surface area contributed by atoms with Gasteiger partial charge >= 0.3 is 0 Å². The van der Waals surface area contributed by atoms with Gasteiger partial charge in [-0.3, -0.25) is 4.79 Å². The molecule has 1 aliphatic rings. The number of aromatic nitrogens is 3. The van der Waals surface area contributed by atoms with E-state index in [1.54, 1.807) is 23.0 Å². The Balaban J connectivity index is 1.49. The molecule has 1 N–H and O–H groups in total. The number of nitrogens with zero attached hydrogens (tertiary/aromatic N) is 3. The van der Waals surface area contributed by atoms with Gasteiger partial charge in [0.15, 0.2) is 5.65 Å². The van der Waals surface area contributed by atoms with Gasteiger partial charge in [-0.2, -0.15) is 5.10 Å². The van der Waals surface area contributed by atoms with Gasteiger partial charge in [0.2, 0.25) is 0 Å². The van der Waals surface area contributed by atoms with Gasteiger partial charge in [-0.15, -0.1) is 0 Å². The molecule has 1 aliphatic heterocycles. The molecule has 6 nitrogen and oxygen atoms in total. The van der Waals surface area contributed by atoms with Crippen molar-refractivity contribution in [3.05, 3.63) is 59.5 Å². The van der Waals surface area contributed by atoms with Crippen LogP contribution >= 0.6 is 0 Å². The summed E-state index contributed by atoms with van der Waals surface area (Å²) in [6.07, 6.45) is 6.28. The molecule has 0 spiro atoms. The van der Waals surface area contributed by atoms with E-state index in [2.05, 4.69) is 15.4 Å². The molecule has 3 heterocycles. The van der Waals surface area contributed by atoms with Gasteiger partial charge in [-0.25, -0.2) is 9.50 Å². The minimum absolute atomic E-state index is 0.109. The molecule has 116 valence electrons. The maximum absolute atomic E-state index is 12.4. The quantitative estimate of drug-likeness (QED) is 0.803. The molecule has 1 amide bonds. The third-order valence-corrected chi connectivity index (χ3v) is 3.95. The average Bonchev–Trinajstić information content (AvgIpc) is 3.14. The first-order valence-corrected chi connectivity index (χ1v) is 7.56. The summed E-state index contributed by atoms with van der Waals surface area (Å²) in [5.41, 5.74) is 3.37. The molecule has 0 radical (unpaired) electrons. The zero-order valence-corrected chi connectivity index (χ0v) is 12.7. The van der Waals surface area contributed by atoms with Crippen molar-refractivity contribution in [3.63, 3.8) is 0 Å². The Bertz CT molecular complexity index is 887. The Morgan fingerprint density at radius 2 is 2.39 bits per heavy atom.